The Balaban J connectivity index is 5.25. The fourth-order valence-corrected chi connectivity index (χ4v) is 3.57. The van der Waals surface area contributed by atoms with Gasteiger partial charge in [0.15, 0.2) is 0 Å². The zero-order chi connectivity index (χ0) is 19.8. The lowest BCUT2D eigenvalue weighted by Crippen LogP contribution is -2.49. The molecule has 0 saturated carbocycles. The van der Waals surface area contributed by atoms with E-state index in [1.165, 1.54) is 12.8 Å². The molecule has 1 unspecified atom stereocenters. The Bertz CT molecular complexity index is 383. The molecule has 0 bridgehead atoms. The Hall–Kier alpha value is -1.03. The summed E-state index contributed by atoms with van der Waals surface area (Å²) < 4.78 is 0.618. The summed E-state index contributed by atoms with van der Waals surface area (Å²) in [5, 5.41) is 20.0. The Morgan fingerprint density at radius 1 is 0.846 bits per heavy atom. The van der Waals surface area contributed by atoms with Crippen molar-refractivity contribution in [3.05, 3.63) is 12.0 Å². The molecule has 154 valence electrons. The van der Waals surface area contributed by atoms with E-state index in [1.54, 1.807) is 6.92 Å². The fraction of sp³-hybridized carbons (Fsp3) is 0.864. The quantitative estimate of drug-likeness (QED) is 0.180. The third-order valence-corrected chi connectivity index (χ3v) is 5.18. The largest absolute Gasteiger partial charge is 0.507 e. The van der Waals surface area contributed by atoms with Crippen molar-refractivity contribution >= 4 is 5.97 Å². The smallest absolute Gasteiger partial charge is 0.311 e. The van der Waals surface area contributed by atoms with Gasteiger partial charge in [0.1, 0.15) is 17.9 Å². The van der Waals surface area contributed by atoms with Crippen LogP contribution in [-0.2, 0) is 4.79 Å². The van der Waals surface area contributed by atoms with Crippen molar-refractivity contribution in [2.24, 2.45) is 5.92 Å². The number of unbranched alkanes of at least 4 members (excludes halogenated alkanes) is 7. The van der Waals surface area contributed by atoms with Gasteiger partial charge < -0.3 is 10.2 Å². The second-order valence-corrected chi connectivity index (χ2v) is 7.93. The maximum Gasteiger partial charge on any atom is 0.311 e. The number of aliphatic hydroxyl groups is 1. The van der Waals surface area contributed by atoms with E-state index in [1.807, 2.05) is 6.20 Å². The van der Waals surface area contributed by atoms with E-state index in [2.05, 4.69) is 20.8 Å². The van der Waals surface area contributed by atoms with Crippen LogP contribution in [-0.4, -0.2) is 40.3 Å². The first-order valence-electron chi connectivity index (χ1n) is 10.9. The molecule has 0 aromatic rings. The minimum absolute atomic E-state index is 0.401. The minimum Gasteiger partial charge on any atom is -0.507 e. The van der Waals surface area contributed by atoms with Gasteiger partial charge >= 0.3 is 5.97 Å². The maximum absolute atomic E-state index is 11.5. The van der Waals surface area contributed by atoms with E-state index >= 15 is 0 Å². The zero-order valence-electron chi connectivity index (χ0n) is 17.8. The van der Waals surface area contributed by atoms with Crippen molar-refractivity contribution in [1.82, 2.24) is 0 Å². The molecule has 0 aliphatic rings. The zero-order valence-corrected chi connectivity index (χ0v) is 17.8. The molecule has 0 amide bonds. The van der Waals surface area contributed by atoms with Gasteiger partial charge in [0, 0.05) is 6.42 Å². The Kier molecular flexibility index (Phi) is 14.5. The van der Waals surface area contributed by atoms with Crippen LogP contribution in [0.15, 0.2) is 12.0 Å². The number of carboxylic acid groups (broad SMARTS) is 1. The molecule has 26 heavy (non-hydrogen) atoms. The number of hydrogen-bond donors (Lipinski definition) is 2. The highest BCUT2D eigenvalue weighted by atomic mass is 16.4. The molecular weight excluding hydrogens is 326 g/mol. The Morgan fingerprint density at radius 2 is 1.35 bits per heavy atom. The van der Waals surface area contributed by atoms with Crippen molar-refractivity contribution in [2.75, 3.05) is 19.6 Å². The predicted molar refractivity (Wildman–Crippen MR) is 110 cm³/mol. The van der Waals surface area contributed by atoms with Crippen molar-refractivity contribution < 1.29 is 19.5 Å². The first kappa shape index (κ1) is 25.0. The molecule has 0 radical (unpaired) electrons. The van der Waals surface area contributed by atoms with Crippen LogP contribution in [0.2, 0.25) is 0 Å². The average Bonchev–Trinajstić information content (AvgIpc) is 2.59. The van der Waals surface area contributed by atoms with Gasteiger partial charge in [0.05, 0.1) is 19.6 Å². The summed E-state index contributed by atoms with van der Waals surface area (Å²) in [6.45, 7) is 10.8. The van der Waals surface area contributed by atoms with E-state index in [0.29, 0.717) is 23.2 Å². The van der Waals surface area contributed by atoms with E-state index in [4.69, 9.17) is 0 Å². The van der Waals surface area contributed by atoms with Gasteiger partial charge in [-0.25, -0.2) is 0 Å². The molecule has 0 fully saturated rings. The van der Waals surface area contributed by atoms with Gasteiger partial charge in [-0.1, -0.05) is 52.9 Å². The van der Waals surface area contributed by atoms with Crippen LogP contribution in [0.5, 0.6) is 0 Å². The van der Waals surface area contributed by atoms with Gasteiger partial charge in [0.2, 0.25) is 0 Å². The third kappa shape index (κ3) is 11.6. The predicted octanol–water partition coefficient (Wildman–Crippen LogP) is 6.27. The lowest BCUT2D eigenvalue weighted by atomic mass is 10.1. The summed E-state index contributed by atoms with van der Waals surface area (Å²) in [6, 6.07) is 0. The molecule has 0 spiro atoms. The monoisotopic (exact) mass is 370 g/mol. The summed E-state index contributed by atoms with van der Waals surface area (Å²) >= 11 is 0. The van der Waals surface area contributed by atoms with Crippen LogP contribution in [0.1, 0.15) is 98.3 Å². The first-order chi connectivity index (χ1) is 12.4. The van der Waals surface area contributed by atoms with Crippen LogP contribution in [0, 0.1) is 5.92 Å². The molecule has 0 rings (SSSR count). The molecule has 0 aromatic carbocycles. The SMILES string of the molecule is CCCCCC/C(O)=C/[N+](CCCCC)(CCCCC)CC(C)C(=O)O. The molecule has 0 saturated heterocycles. The lowest BCUT2D eigenvalue weighted by Gasteiger charge is -2.37. The average molecular weight is 371 g/mol. The first-order valence-corrected chi connectivity index (χ1v) is 10.9. The van der Waals surface area contributed by atoms with Crippen LogP contribution in [0.3, 0.4) is 0 Å². The maximum atomic E-state index is 11.5. The number of quaternary nitrogens is 1. The van der Waals surface area contributed by atoms with Crippen molar-refractivity contribution in [1.29, 1.82) is 0 Å². The van der Waals surface area contributed by atoms with E-state index < -0.39 is 11.9 Å². The molecule has 0 aliphatic carbocycles. The third-order valence-electron chi connectivity index (χ3n) is 5.18. The Labute approximate surface area is 161 Å². The number of carboxylic acids is 1. The molecule has 0 aliphatic heterocycles. The number of hydrogen-bond acceptors (Lipinski definition) is 2. The normalized spacial score (nSPS) is 13.8. The number of aliphatic carboxylic acids is 1. The molecule has 4 nitrogen and oxygen atoms in total. The van der Waals surface area contributed by atoms with Crippen molar-refractivity contribution in [3.63, 3.8) is 0 Å². The number of rotatable bonds is 17. The lowest BCUT2D eigenvalue weighted by molar-refractivity contribution is -0.883. The van der Waals surface area contributed by atoms with E-state index in [-0.39, 0.29) is 0 Å². The van der Waals surface area contributed by atoms with E-state index in [9.17, 15) is 15.0 Å². The van der Waals surface area contributed by atoms with Gasteiger partial charge in [-0.2, -0.15) is 0 Å². The molecule has 4 heteroatoms. The topological polar surface area (TPSA) is 57.5 Å². The summed E-state index contributed by atoms with van der Waals surface area (Å²) in [4.78, 5) is 11.5. The van der Waals surface area contributed by atoms with Crippen molar-refractivity contribution in [2.45, 2.75) is 98.3 Å². The van der Waals surface area contributed by atoms with Crippen LogP contribution < -0.4 is 0 Å². The van der Waals surface area contributed by atoms with Crippen LogP contribution in [0.4, 0.5) is 0 Å². The Morgan fingerprint density at radius 3 is 1.81 bits per heavy atom. The molecular formula is C22H44NO3+. The standard InChI is InChI=1S/C22H43NO3/c1-5-8-11-12-15-21(24)19-23(16-13-9-6-2,17-14-10-7-3)18-20(4)22(25)26/h19-20H,5-18H2,1-4H3,(H-,24,25,26)/p+1/b21-19-. The highest BCUT2D eigenvalue weighted by Crippen LogP contribution is 2.21. The summed E-state index contributed by atoms with van der Waals surface area (Å²) in [5.41, 5.74) is 0. The summed E-state index contributed by atoms with van der Waals surface area (Å²) in [7, 11) is 0. The molecule has 2 N–H and O–H groups in total. The molecule has 0 heterocycles. The van der Waals surface area contributed by atoms with Crippen molar-refractivity contribution in [3.8, 4) is 0 Å². The number of aliphatic hydroxyl groups excluding tert-OH is 1. The highest BCUT2D eigenvalue weighted by Gasteiger charge is 2.31. The van der Waals surface area contributed by atoms with Crippen LogP contribution in [0.25, 0.3) is 0 Å². The molecule has 0 aromatic heterocycles. The van der Waals surface area contributed by atoms with Gasteiger partial charge in [-0.05, 0) is 39.0 Å². The van der Waals surface area contributed by atoms with Gasteiger partial charge in [0.25, 0.3) is 0 Å². The minimum atomic E-state index is -0.741. The van der Waals surface area contributed by atoms with Gasteiger partial charge in [-0.3, -0.25) is 9.28 Å². The highest BCUT2D eigenvalue weighted by molar-refractivity contribution is 5.69. The summed E-state index contributed by atoms with van der Waals surface area (Å²) in [6.07, 6.45) is 14.0. The number of nitrogens with zero attached hydrogens (tertiary/aromatic N) is 1. The molecule has 1 atom stereocenters. The van der Waals surface area contributed by atoms with E-state index in [0.717, 1.165) is 64.5 Å². The van der Waals surface area contributed by atoms with Gasteiger partial charge in [-0.15, -0.1) is 0 Å². The number of allylic oxidation sites excluding steroid dienone is 1. The second kappa shape index (κ2) is 15.1. The van der Waals surface area contributed by atoms with Crippen LogP contribution >= 0.6 is 0 Å². The second-order valence-electron chi connectivity index (χ2n) is 7.93. The summed E-state index contributed by atoms with van der Waals surface area (Å²) in [5.74, 6) is -0.691. The number of carbonyl (C=O) groups is 1. The fourth-order valence-electron chi connectivity index (χ4n) is 3.57.